The largest absolute Gasteiger partial charge is 0.322 e. The summed E-state index contributed by atoms with van der Waals surface area (Å²) in [6.07, 6.45) is 1.98. The summed E-state index contributed by atoms with van der Waals surface area (Å²) in [7, 11) is 0. The van der Waals surface area contributed by atoms with Crippen LogP contribution in [0.1, 0.15) is 39.9 Å². The molecule has 0 radical (unpaired) electrons. The Morgan fingerprint density at radius 3 is 2.53 bits per heavy atom. The van der Waals surface area contributed by atoms with E-state index in [1.807, 2.05) is 97.9 Å². The summed E-state index contributed by atoms with van der Waals surface area (Å²) in [6.45, 7) is 9.41. The Morgan fingerprint density at radius 2 is 1.81 bits per heavy atom. The van der Waals surface area contributed by atoms with Crippen LogP contribution in [-0.2, 0) is 13.1 Å². The summed E-state index contributed by atoms with van der Waals surface area (Å²) in [4.78, 5) is 18.4. The first-order valence-corrected chi connectivity index (χ1v) is 12.7. The van der Waals surface area contributed by atoms with Gasteiger partial charge in [0.1, 0.15) is 0 Å². The van der Waals surface area contributed by atoms with Gasteiger partial charge >= 0.3 is 0 Å². The maximum absolute atomic E-state index is 13.5. The number of hydrogen-bond acceptors (Lipinski definition) is 4. The number of carbonyl (C=O) groups excluding carboxylic acids is 1. The Kier molecular flexibility index (Phi) is 6.45. The van der Waals surface area contributed by atoms with Crippen molar-refractivity contribution in [3.8, 4) is 11.3 Å². The molecule has 0 unspecified atom stereocenters. The lowest BCUT2D eigenvalue weighted by Gasteiger charge is -2.12. The van der Waals surface area contributed by atoms with Crippen molar-refractivity contribution in [3.63, 3.8) is 0 Å². The number of hydrogen-bond donors (Lipinski definition) is 1. The van der Waals surface area contributed by atoms with Crippen LogP contribution in [0.3, 0.4) is 0 Å². The second kappa shape index (κ2) is 9.70. The van der Waals surface area contributed by atoms with Gasteiger partial charge in [0.2, 0.25) is 0 Å². The molecule has 8 heteroatoms. The number of halogens is 1. The van der Waals surface area contributed by atoms with E-state index in [1.165, 1.54) is 0 Å². The molecule has 7 nitrogen and oxygen atoms in total. The lowest BCUT2D eigenvalue weighted by atomic mass is 10.0. The van der Waals surface area contributed by atoms with Crippen molar-refractivity contribution in [1.29, 1.82) is 0 Å². The molecular formula is C28H27BrN6O. The molecule has 5 aromatic rings. The Bertz CT molecular complexity index is 1600. The van der Waals surface area contributed by atoms with E-state index in [0.29, 0.717) is 12.1 Å². The molecule has 0 aliphatic heterocycles. The van der Waals surface area contributed by atoms with Gasteiger partial charge in [-0.1, -0.05) is 30.3 Å². The van der Waals surface area contributed by atoms with E-state index in [4.69, 9.17) is 4.98 Å². The average molecular weight is 543 g/mol. The third-order valence-electron chi connectivity index (χ3n) is 6.32. The molecule has 0 bridgehead atoms. The van der Waals surface area contributed by atoms with Gasteiger partial charge in [-0.05, 0) is 73.5 Å². The summed E-state index contributed by atoms with van der Waals surface area (Å²) in [6, 6.07) is 17.5. The number of rotatable bonds is 6. The summed E-state index contributed by atoms with van der Waals surface area (Å²) in [5.41, 5.74) is 7.70. The Labute approximate surface area is 218 Å². The fourth-order valence-corrected chi connectivity index (χ4v) is 4.66. The van der Waals surface area contributed by atoms with Crippen LogP contribution in [0.15, 0.2) is 65.3 Å². The van der Waals surface area contributed by atoms with Crippen molar-refractivity contribution < 1.29 is 4.79 Å². The number of para-hydroxylation sites is 1. The molecule has 5 rings (SSSR count). The van der Waals surface area contributed by atoms with Crippen LogP contribution >= 0.6 is 15.9 Å². The summed E-state index contributed by atoms with van der Waals surface area (Å²) < 4.78 is 4.86. The van der Waals surface area contributed by atoms with E-state index in [2.05, 4.69) is 31.4 Å². The van der Waals surface area contributed by atoms with Gasteiger partial charge < -0.3 is 5.32 Å². The predicted octanol–water partition coefficient (Wildman–Crippen LogP) is 6.30. The van der Waals surface area contributed by atoms with Gasteiger partial charge in [-0.15, -0.1) is 0 Å². The minimum atomic E-state index is -0.179. The zero-order valence-electron chi connectivity index (χ0n) is 20.7. The Morgan fingerprint density at radius 1 is 1.00 bits per heavy atom. The summed E-state index contributed by atoms with van der Waals surface area (Å²) in [5, 5.41) is 13.0. The normalized spacial score (nSPS) is 11.2. The second-order valence-corrected chi connectivity index (χ2v) is 9.65. The monoisotopic (exact) mass is 542 g/mol. The minimum Gasteiger partial charge on any atom is -0.322 e. The molecule has 0 aliphatic rings. The third-order valence-corrected chi connectivity index (χ3v) is 7.47. The van der Waals surface area contributed by atoms with Gasteiger partial charge in [0.15, 0.2) is 0 Å². The summed E-state index contributed by atoms with van der Waals surface area (Å²) in [5.74, 6) is -0.179. The molecule has 0 saturated carbocycles. The number of benzene rings is 2. The number of aryl methyl sites for hydroxylation is 3. The Hall–Kier alpha value is -3.78. The van der Waals surface area contributed by atoms with Crippen LogP contribution in [0.2, 0.25) is 0 Å². The van der Waals surface area contributed by atoms with Gasteiger partial charge in [-0.2, -0.15) is 10.2 Å². The first kappa shape index (κ1) is 23.9. The number of fused-ring (bicyclic) bond motifs is 1. The van der Waals surface area contributed by atoms with Gasteiger partial charge in [0.05, 0.1) is 44.9 Å². The smallest absolute Gasteiger partial charge is 0.256 e. The van der Waals surface area contributed by atoms with Crippen molar-refractivity contribution in [2.45, 2.75) is 40.8 Å². The van der Waals surface area contributed by atoms with Crippen LogP contribution in [0.25, 0.3) is 22.2 Å². The SMILES string of the molecule is CCn1cc(-c2cc(C(=O)Nc3cccc(Cn4nc(C)c(Br)c4C)c3)c3ccccc3n2)c(C)n1. The highest BCUT2D eigenvalue weighted by atomic mass is 79.9. The molecule has 182 valence electrons. The molecule has 3 aromatic heterocycles. The van der Waals surface area contributed by atoms with Gasteiger partial charge in [-0.3, -0.25) is 14.2 Å². The van der Waals surface area contributed by atoms with Crippen molar-refractivity contribution in [2.75, 3.05) is 5.32 Å². The zero-order chi connectivity index (χ0) is 25.4. The lowest BCUT2D eigenvalue weighted by molar-refractivity contribution is 0.102. The number of anilines is 1. The fourth-order valence-electron chi connectivity index (χ4n) is 4.38. The maximum Gasteiger partial charge on any atom is 0.256 e. The lowest BCUT2D eigenvalue weighted by Crippen LogP contribution is -2.13. The number of pyridine rings is 1. The first-order chi connectivity index (χ1) is 17.3. The molecule has 2 aromatic carbocycles. The first-order valence-electron chi connectivity index (χ1n) is 11.9. The van der Waals surface area contributed by atoms with Crippen LogP contribution in [0.4, 0.5) is 5.69 Å². The van der Waals surface area contributed by atoms with Crippen molar-refractivity contribution in [3.05, 3.63) is 93.5 Å². The van der Waals surface area contributed by atoms with Crippen molar-refractivity contribution in [2.24, 2.45) is 0 Å². The van der Waals surface area contributed by atoms with Gasteiger partial charge in [0, 0.05) is 29.4 Å². The molecule has 0 atom stereocenters. The quantitative estimate of drug-likeness (QED) is 0.273. The molecule has 0 fully saturated rings. The molecule has 0 aliphatic carbocycles. The molecule has 36 heavy (non-hydrogen) atoms. The molecule has 3 heterocycles. The highest BCUT2D eigenvalue weighted by Crippen LogP contribution is 2.28. The van der Waals surface area contributed by atoms with E-state index in [-0.39, 0.29) is 5.91 Å². The molecule has 1 amide bonds. The number of carbonyl (C=O) groups is 1. The molecule has 0 saturated heterocycles. The zero-order valence-corrected chi connectivity index (χ0v) is 22.3. The van der Waals surface area contributed by atoms with Crippen molar-refractivity contribution in [1.82, 2.24) is 24.5 Å². The topological polar surface area (TPSA) is 77.6 Å². The number of aromatic nitrogens is 5. The number of amides is 1. The molecule has 0 spiro atoms. The van der Waals surface area contributed by atoms with E-state index in [0.717, 1.165) is 61.5 Å². The Balaban J connectivity index is 1.47. The van der Waals surface area contributed by atoms with E-state index in [9.17, 15) is 4.79 Å². The van der Waals surface area contributed by atoms with Crippen LogP contribution in [0.5, 0.6) is 0 Å². The summed E-state index contributed by atoms with van der Waals surface area (Å²) >= 11 is 3.59. The van der Waals surface area contributed by atoms with Crippen LogP contribution in [-0.4, -0.2) is 30.5 Å². The van der Waals surface area contributed by atoms with E-state index < -0.39 is 0 Å². The predicted molar refractivity (Wildman–Crippen MR) is 146 cm³/mol. The third kappa shape index (κ3) is 4.56. The highest BCUT2D eigenvalue weighted by molar-refractivity contribution is 9.10. The van der Waals surface area contributed by atoms with E-state index in [1.54, 1.807) is 0 Å². The van der Waals surface area contributed by atoms with Gasteiger partial charge in [-0.25, -0.2) is 4.98 Å². The second-order valence-electron chi connectivity index (χ2n) is 8.85. The van der Waals surface area contributed by atoms with Crippen LogP contribution < -0.4 is 5.32 Å². The molecular weight excluding hydrogens is 516 g/mol. The fraction of sp³-hybridized carbons (Fsp3) is 0.214. The highest BCUT2D eigenvalue weighted by Gasteiger charge is 2.17. The number of nitrogens with zero attached hydrogens (tertiary/aromatic N) is 5. The number of nitrogens with one attached hydrogen (secondary N) is 1. The maximum atomic E-state index is 13.5. The van der Waals surface area contributed by atoms with Crippen LogP contribution in [0, 0.1) is 20.8 Å². The van der Waals surface area contributed by atoms with E-state index >= 15 is 0 Å². The van der Waals surface area contributed by atoms with Gasteiger partial charge in [0.25, 0.3) is 5.91 Å². The van der Waals surface area contributed by atoms with Crippen molar-refractivity contribution >= 4 is 38.4 Å². The standard InChI is InChI=1S/C28H27BrN6O/c1-5-34-16-24(17(2)32-34)26-14-23(22-11-6-7-12-25(22)31-26)28(36)30-21-10-8-9-20(13-21)15-35-19(4)27(29)18(3)33-35/h6-14,16H,5,15H2,1-4H3,(H,30,36). The minimum absolute atomic E-state index is 0.179. The molecule has 1 N–H and O–H groups in total. The average Bonchev–Trinajstić information content (AvgIpc) is 3.37.